The van der Waals surface area contributed by atoms with Crippen molar-refractivity contribution in [2.24, 2.45) is 0 Å². The van der Waals surface area contributed by atoms with Gasteiger partial charge in [0.25, 0.3) is 0 Å². The molecule has 0 bridgehead atoms. The lowest BCUT2D eigenvalue weighted by atomic mass is 9.92. The Labute approximate surface area is 478 Å². The smallest absolute Gasteiger partial charge is 0.321 e. The van der Waals surface area contributed by atoms with Gasteiger partial charge in [-0.3, -0.25) is 29.4 Å². The average Bonchev–Trinajstić information content (AvgIpc) is 3.94. The summed E-state index contributed by atoms with van der Waals surface area (Å²) in [4.78, 5) is 35.7. The molecule has 4 atom stereocenters. The van der Waals surface area contributed by atoms with E-state index in [0.717, 1.165) is 33.4 Å². The number of aromatic nitrogens is 2. The molecular weight excluding hydrogens is 1090 g/mol. The number of aliphatic hydroxyl groups is 2. The maximum Gasteiger partial charge on any atom is 0.321 e. The van der Waals surface area contributed by atoms with Crippen molar-refractivity contribution < 1.29 is 49.0 Å². The van der Waals surface area contributed by atoms with Crippen LogP contribution in [0.15, 0.2) is 97.6 Å². The molecule has 0 amide bonds. The van der Waals surface area contributed by atoms with Gasteiger partial charge in [0, 0.05) is 98.2 Å². The van der Waals surface area contributed by atoms with Crippen LogP contribution >= 0.6 is 77.2 Å². The number of carboxylic acid groups (broad SMARTS) is 2. The average molecular weight is 1150 g/mol. The normalized spacial score (nSPS) is 16.8. The SMILES string of the molecule is Cc1c(COc2cc(OCc3cncc(C#N)c3)c(CN3C[C@@H](O)C[C@H]3C(=O)O)cc2Cl)cccc1-c1cccc(COc2cc(OCc3cncc(C#N)c3)c(CN3C[C@@H](O)C[C@H]3C(=O)O)cc2Cl)c1C.S.S.S.S. The van der Waals surface area contributed by atoms with Crippen LogP contribution in [0.5, 0.6) is 23.0 Å². The van der Waals surface area contributed by atoms with Crippen LogP contribution in [0.25, 0.3) is 11.1 Å². The van der Waals surface area contributed by atoms with Gasteiger partial charge in [0.2, 0.25) is 0 Å². The highest BCUT2D eigenvalue weighted by Gasteiger charge is 2.38. The third-order valence-electron chi connectivity index (χ3n) is 12.9. The van der Waals surface area contributed by atoms with Crippen molar-refractivity contribution in [1.82, 2.24) is 19.8 Å². The van der Waals surface area contributed by atoms with Crippen LogP contribution in [0.1, 0.15) is 68.5 Å². The minimum atomic E-state index is -1.04. The lowest BCUT2D eigenvalue weighted by Crippen LogP contribution is -2.35. The molecule has 2 aromatic heterocycles. The fraction of sp³-hybridized carbons (Fsp3) is 0.296. The van der Waals surface area contributed by atoms with Crippen LogP contribution in [-0.4, -0.2) is 89.5 Å². The number of carboxylic acids is 2. The molecule has 2 saturated heterocycles. The minimum Gasteiger partial charge on any atom is -0.488 e. The van der Waals surface area contributed by atoms with E-state index in [1.54, 1.807) is 58.6 Å². The lowest BCUT2D eigenvalue weighted by Gasteiger charge is -2.23. The van der Waals surface area contributed by atoms with E-state index in [-0.39, 0.29) is 129 Å². The molecule has 0 radical (unpaired) electrons. The first kappa shape index (κ1) is 62.7. The molecule has 8 rings (SSSR count). The second-order valence-corrected chi connectivity index (χ2v) is 18.7. The highest BCUT2D eigenvalue weighted by atomic mass is 35.5. The molecule has 0 spiro atoms. The zero-order valence-electron chi connectivity index (χ0n) is 41.3. The van der Waals surface area contributed by atoms with Gasteiger partial charge in [-0.25, -0.2) is 0 Å². The largest absolute Gasteiger partial charge is 0.488 e. The summed E-state index contributed by atoms with van der Waals surface area (Å²) in [6, 6.07) is 24.3. The Bertz CT molecular complexity index is 2910. The third-order valence-corrected chi connectivity index (χ3v) is 13.5. The summed E-state index contributed by atoms with van der Waals surface area (Å²) in [5.74, 6) is -0.625. The minimum absolute atomic E-state index is 0. The Hall–Kier alpha value is -5.88. The molecular formula is C54H58Cl2N6O10S4. The van der Waals surface area contributed by atoms with Gasteiger partial charge in [-0.2, -0.15) is 64.5 Å². The molecule has 0 aliphatic carbocycles. The van der Waals surface area contributed by atoms with Gasteiger partial charge in [0.1, 0.15) is 73.6 Å². The van der Waals surface area contributed by atoms with Crippen LogP contribution < -0.4 is 18.9 Å². The van der Waals surface area contributed by atoms with Gasteiger partial charge in [-0.15, -0.1) is 0 Å². The second-order valence-electron chi connectivity index (χ2n) is 17.8. The second kappa shape index (κ2) is 28.5. The summed E-state index contributed by atoms with van der Waals surface area (Å²) in [7, 11) is 0. The van der Waals surface area contributed by atoms with Crippen LogP contribution in [0, 0.1) is 36.5 Å². The van der Waals surface area contributed by atoms with Gasteiger partial charge < -0.3 is 39.4 Å². The summed E-state index contributed by atoms with van der Waals surface area (Å²) in [6.45, 7) is 5.03. The molecule has 76 heavy (non-hydrogen) atoms. The number of pyridine rings is 2. The van der Waals surface area contributed by atoms with E-state index in [1.165, 1.54) is 12.4 Å². The monoisotopic (exact) mass is 1150 g/mol. The quantitative estimate of drug-likeness (QED) is 0.0595. The predicted octanol–water partition coefficient (Wildman–Crippen LogP) is 8.62. The van der Waals surface area contributed by atoms with Crippen LogP contribution in [0.2, 0.25) is 10.0 Å². The lowest BCUT2D eigenvalue weighted by molar-refractivity contribution is -0.143. The fourth-order valence-electron chi connectivity index (χ4n) is 9.10. The van der Waals surface area contributed by atoms with Gasteiger partial charge in [0.15, 0.2) is 0 Å². The fourth-order valence-corrected chi connectivity index (χ4v) is 9.58. The van der Waals surface area contributed by atoms with Crippen LogP contribution in [0.4, 0.5) is 0 Å². The first-order valence-corrected chi connectivity index (χ1v) is 23.7. The maximum absolute atomic E-state index is 12.1. The molecule has 22 heteroatoms. The molecule has 2 aliphatic rings. The van der Waals surface area contributed by atoms with E-state index >= 15 is 0 Å². The molecule has 402 valence electrons. The molecule has 4 aromatic carbocycles. The number of β-amino-alcohol motifs (C(OH)–C–C–N with tert-alkyl or cyclic N) is 2. The number of aliphatic carboxylic acids is 2. The third kappa shape index (κ3) is 15.2. The van der Waals surface area contributed by atoms with Crippen LogP contribution in [0.3, 0.4) is 0 Å². The molecule has 2 aliphatic heterocycles. The topological polar surface area (TPSA) is 232 Å². The predicted molar refractivity (Wildman–Crippen MR) is 306 cm³/mol. The number of nitriles is 2. The number of carbonyl (C=O) groups is 2. The summed E-state index contributed by atoms with van der Waals surface area (Å²) in [5.41, 5.74) is 8.87. The molecule has 6 aromatic rings. The number of hydrogen-bond donors (Lipinski definition) is 4. The van der Waals surface area contributed by atoms with Crippen molar-refractivity contribution >= 4 is 89.1 Å². The van der Waals surface area contributed by atoms with E-state index < -0.39 is 36.2 Å². The van der Waals surface area contributed by atoms with Crippen molar-refractivity contribution in [3.05, 3.63) is 163 Å². The first-order valence-electron chi connectivity index (χ1n) is 23.0. The van der Waals surface area contributed by atoms with Crippen molar-refractivity contribution in [2.75, 3.05) is 13.1 Å². The molecule has 0 unspecified atom stereocenters. The summed E-state index contributed by atoms with van der Waals surface area (Å²) in [6.07, 6.45) is 4.70. The van der Waals surface area contributed by atoms with E-state index in [1.807, 2.05) is 50.2 Å². The number of likely N-dealkylation sites (tertiary alicyclic amines) is 2. The standard InChI is InChI=1S/C54H50Cl2N6O10.4H2S/c1-31-37(29-71-51-15-49(69-27-35-9-33(17-57)19-59-21-35)39(11-45(51)55)23-61-25-41(63)13-47(61)53(65)66)5-3-7-43(31)44-8-4-6-38(32(44)2)30-72-52-16-50(70-28-36-10-34(18-58)20-60-22-36)40(12-46(52)56)24-62-26-42(64)14-48(62)54(67)68;;;;/h3-12,15-16,19-22,41-42,47-48,63-64H,13-14,23-30H2,1-2H3,(H,65,66)(H,67,68);4*1H2/t41-,42-,47-,48-;;;;/m0..../s1. The number of benzene rings is 4. The van der Waals surface area contributed by atoms with Gasteiger partial charge in [0.05, 0.1) is 33.4 Å². The van der Waals surface area contributed by atoms with E-state index in [4.69, 9.17) is 42.1 Å². The van der Waals surface area contributed by atoms with Crippen molar-refractivity contribution in [3.8, 4) is 46.3 Å². The van der Waals surface area contributed by atoms with E-state index in [0.29, 0.717) is 56.4 Å². The van der Waals surface area contributed by atoms with E-state index in [2.05, 4.69) is 22.1 Å². The number of nitrogens with zero attached hydrogens (tertiary/aromatic N) is 6. The number of aliphatic hydroxyl groups excluding tert-OH is 2. The maximum atomic E-state index is 12.1. The zero-order valence-corrected chi connectivity index (χ0v) is 46.8. The van der Waals surface area contributed by atoms with E-state index in [9.17, 15) is 40.5 Å². The van der Waals surface area contributed by atoms with Gasteiger partial charge >= 0.3 is 11.9 Å². The van der Waals surface area contributed by atoms with Crippen LogP contribution in [-0.2, 0) is 49.1 Å². The highest BCUT2D eigenvalue weighted by Crippen LogP contribution is 2.39. The molecule has 2 fully saturated rings. The number of ether oxygens (including phenoxy) is 4. The number of halogens is 2. The van der Waals surface area contributed by atoms with Crippen molar-refractivity contribution in [2.45, 2.75) is 90.5 Å². The van der Waals surface area contributed by atoms with Gasteiger partial charge in [-0.1, -0.05) is 59.6 Å². The Morgan fingerprint density at radius 1 is 0.579 bits per heavy atom. The van der Waals surface area contributed by atoms with Crippen molar-refractivity contribution in [1.29, 1.82) is 10.5 Å². The molecule has 0 saturated carbocycles. The number of hydrogen-bond acceptors (Lipinski definition) is 14. The van der Waals surface area contributed by atoms with Gasteiger partial charge in [-0.05, 0) is 71.5 Å². The Balaban J connectivity index is 0.00000312. The molecule has 4 heterocycles. The Kier molecular flexibility index (Phi) is 23.5. The Morgan fingerprint density at radius 2 is 0.961 bits per heavy atom. The molecule has 4 N–H and O–H groups in total. The highest BCUT2D eigenvalue weighted by molar-refractivity contribution is 7.59. The Morgan fingerprint density at radius 3 is 1.33 bits per heavy atom. The summed E-state index contributed by atoms with van der Waals surface area (Å²) in [5, 5.41) is 59.8. The summed E-state index contributed by atoms with van der Waals surface area (Å²) >= 11 is 13.7. The first-order chi connectivity index (χ1) is 34.7. The zero-order chi connectivity index (χ0) is 51.1. The van der Waals surface area contributed by atoms with Crippen molar-refractivity contribution in [3.63, 3.8) is 0 Å². The summed E-state index contributed by atoms with van der Waals surface area (Å²) < 4.78 is 25.3. The molecule has 16 nitrogen and oxygen atoms in total. The number of rotatable bonds is 19.